The highest BCUT2D eigenvalue weighted by Gasteiger charge is 2.30. The lowest BCUT2D eigenvalue weighted by atomic mass is 9.88. The molecule has 1 aliphatic carbocycles. The zero-order valence-corrected chi connectivity index (χ0v) is 10.3. The van der Waals surface area contributed by atoms with Gasteiger partial charge in [0.05, 0.1) is 5.57 Å². The minimum absolute atomic E-state index is 0.0763. The molecule has 0 radical (unpaired) electrons. The molecule has 0 aromatic heterocycles. The number of rotatable bonds is 2. The minimum Gasteiger partial charge on any atom is -0.507 e. The molecule has 0 saturated heterocycles. The van der Waals surface area contributed by atoms with Crippen LogP contribution in [0.15, 0.2) is 42.0 Å². The van der Waals surface area contributed by atoms with Crippen LogP contribution in [0.1, 0.15) is 29.8 Å². The van der Waals surface area contributed by atoms with Gasteiger partial charge in [-0.25, -0.2) is 0 Å². The molecule has 0 saturated carbocycles. The number of carbonyl (C=O) groups excluding carboxylic acids is 2. The number of benzene rings is 1. The van der Waals surface area contributed by atoms with Crippen molar-refractivity contribution in [3.05, 3.63) is 53.1 Å². The smallest absolute Gasteiger partial charge is 0.237 e. The van der Waals surface area contributed by atoms with Crippen LogP contribution in [0.3, 0.4) is 0 Å². The minimum atomic E-state index is -0.650. The zero-order valence-electron chi connectivity index (χ0n) is 10.3. The number of carbonyl (C=O) groups is 2. The van der Waals surface area contributed by atoms with Crippen molar-refractivity contribution in [3.8, 4) is 0 Å². The topological polar surface area (TPSA) is 54.4 Å². The van der Waals surface area contributed by atoms with Crippen molar-refractivity contribution in [1.82, 2.24) is 0 Å². The van der Waals surface area contributed by atoms with Crippen molar-refractivity contribution in [1.29, 1.82) is 0 Å². The van der Waals surface area contributed by atoms with Crippen LogP contribution in [0.25, 0.3) is 5.76 Å². The highest BCUT2D eigenvalue weighted by Crippen LogP contribution is 2.28. The average molecular weight is 242 g/mol. The molecule has 18 heavy (non-hydrogen) atoms. The van der Waals surface area contributed by atoms with Gasteiger partial charge in [0, 0.05) is 11.1 Å². The number of hydrogen-bond acceptors (Lipinski definition) is 3. The summed E-state index contributed by atoms with van der Waals surface area (Å²) in [5.41, 5.74) is 0.764. The fourth-order valence-corrected chi connectivity index (χ4v) is 1.83. The summed E-state index contributed by atoms with van der Waals surface area (Å²) in [6.07, 6.45) is 3.31. The van der Waals surface area contributed by atoms with Crippen molar-refractivity contribution >= 4 is 17.3 Å². The summed E-state index contributed by atoms with van der Waals surface area (Å²) in [5.74, 6) is -1.09. The summed E-state index contributed by atoms with van der Waals surface area (Å²) in [4.78, 5) is 23.8. The highest BCUT2D eigenvalue weighted by atomic mass is 16.3. The Balaban J connectivity index is 2.59. The standard InChI is InChI=1S/C15H14O3/c1-9(2)7-8-12-13(16)10-5-3-4-6-11(10)14(17)15(12)18/h3-9,16H,1-2H3. The van der Waals surface area contributed by atoms with Crippen LogP contribution in [0, 0.1) is 5.92 Å². The van der Waals surface area contributed by atoms with E-state index in [1.807, 2.05) is 13.8 Å². The molecule has 1 N–H and O–H groups in total. The van der Waals surface area contributed by atoms with Gasteiger partial charge >= 0.3 is 0 Å². The number of Topliss-reactive ketones (excluding diaryl/α,β-unsaturated/α-hetero) is 2. The average Bonchev–Trinajstić information content (AvgIpc) is 2.36. The monoisotopic (exact) mass is 242 g/mol. The van der Waals surface area contributed by atoms with Gasteiger partial charge in [0.15, 0.2) is 0 Å². The van der Waals surface area contributed by atoms with Gasteiger partial charge < -0.3 is 5.11 Å². The normalized spacial score (nSPS) is 15.7. The van der Waals surface area contributed by atoms with Crippen molar-refractivity contribution in [2.45, 2.75) is 13.8 Å². The fourth-order valence-electron chi connectivity index (χ4n) is 1.83. The second kappa shape index (κ2) is 4.61. The van der Waals surface area contributed by atoms with E-state index in [-0.39, 0.29) is 22.8 Å². The second-order valence-corrected chi connectivity index (χ2v) is 4.57. The molecule has 0 unspecified atom stereocenters. The van der Waals surface area contributed by atoms with E-state index in [0.29, 0.717) is 5.56 Å². The third-order valence-corrected chi connectivity index (χ3v) is 2.78. The van der Waals surface area contributed by atoms with E-state index in [4.69, 9.17) is 0 Å². The molecule has 0 aliphatic heterocycles. The largest absolute Gasteiger partial charge is 0.507 e. The Morgan fingerprint density at radius 3 is 2.28 bits per heavy atom. The number of ketones is 2. The molecule has 0 bridgehead atoms. The zero-order chi connectivity index (χ0) is 13.3. The van der Waals surface area contributed by atoms with E-state index in [1.54, 1.807) is 30.3 Å². The first-order chi connectivity index (χ1) is 8.52. The van der Waals surface area contributed by atoms with Crippen molar-refractivity contribution in [2.24, 2.45) is 5.92 Å². The predicted molar refractivity (Wildman–Crippen MR) is 69.3 cm³/mol. The Morgan fingerprint density at radius 2 is 1.67 bits per heavy atom. The van der Waals surface area contributed by atoms with Crippen LogP contribution < -0.4 is 0 Å². The van der Waals surface area contributed by atoms with E-state index < -0.39 is 11.6 Å². The predicted octanol–water partition coefficient (Wildman–Crippen LogP) is 2.93. The molecule has 0 spiro atoms. The van der Waals surface area contributed by atoms with Crippen LogP contribution in [-0.4, -0.2) is 16.7 Å². The lowest BCUT2D eigenvalue weighted by Gasteiger charge is -2.15. The molecule has 0 fully saturated rings. The quantitative estimate of drug-likeness (QED) is 0.811. The number of hydrogen-bond donors (Lipinski definition) is 1. The molecule has 0 atom stereocenters. The van der Waals surface area contributed by atoms with Gasteiger partial charge in [0.25, 0.3) is 0 Å². The molecule has 0 heterocycles. The maximum absolute atomic E-state index is 11.9. The summed E-state index contributed by atoms with van der Waals surface area (Å²) in [7, 11) is 0. The lowest BCUT2D eigenvalue weighted by molar-refractivity contribution is -0.111. The van der Waals surface area contributed by atoms with E-state index in [0.717, 1.165) is 0 Å². The molecule has 92 valence electrons. The van der Waals surface area contributed by atoms with E-state index in [9.17, 15) is 14.7 Å². The molecule has 1 aliphatic rings. The Bertz CT molecular complexity index is 577. The van der Waals surface area contributed by atoms with E-state index >= 15 is 0 Å². The number of aliphatic hydroxyl groups is 1. The van der Waals surface area contributed by atoms with Crippen molar-refractivity contribution < 1.29 is 14.7 Å². The van der Waals surface area contributed by atoms with Gasteiger partial charge in [-0.15, -0.1) is 0 Å². The maximum Gasteiger partial charge on any atom is 0.237 e. The summed E-state index contributed by atoms with van der Waals surface area (Å²) in [6.45, 7) is 3.91. The first-order valence-electron chi connectivity index (χ1n) is 5.82. The number of fused-ring (bicyclic) bond motifs is 1. The Kier molecular flexibility index (Phi) is 3.15. The summed E-state index contributed by atoms with van der Waals surface area (Å²) < 4.78 is 0. The highest BCUT2D eigenvalue weighted by molar-refractivity contribution is 6.52. The molecular formula is C15H14O3. The summed E-state index contributed by atoms with van der Waals surface area (Å²) in [5, 5.41) is 10.1. The van der Waals surface area contributed by atoms with Gasteiger partial charge in [-0.3, -0.25) is 9.59 Å². The molecule has 1 aromatic rings. The second-order valence-electron chi connectivity index (χ2n) is 4.57. The van der Waals surface area contributed by atoms with Gasteiger partial charge in [0.1, 0.15) is 5.76 Å². The summed E-state index contributed by atoms with van der Waals surface area (Å²) >= 11 is 0. The molecule has 2 rings (SSSR count). The summed E-state index contributed by atoms with van der Waals surface area (Å²) in [6, 6.07) is 6.58. The fraction of sp³-hybridized carbons (Fsp3) is 0.200. The third-order valence-electron chi connectivity index (χ3n) is 2.78. The van der Waals surface area contributed by atoms with Crippen LogP contribution >= 0.6 is 0 Å². The Morgan fingerprint density at radius 1 is 1.06 bits per heavy atom. The molecule has 0 amide bonds. The van der Waals surface area contributed by atoms with Gasteiger partial charge in [0.2, 0.25) is 11.6 Å². The van der Waals surface area contributed by atoms with E-state index in [1.165, 1.54) is 6.08 Å². The van der Waals surface area contributed by atoms with Crippen molar-refractivity contribution in [3.63, 3.8) is 0 Å². The number of allylic oxidation sites excluding steroid dienone is 3. The van der Waals surface area contributed by atoms with Crippen LogP contribution in [-0.2, 0) is 4.79 Å². The maximum atomic E-state index is 11.9. The van der Waals surface area contributed by atoms with Gasteiger partial charge in [-0.05, 0) is 5.92 Å². The number of aliphatic hydroxyl groups excluding tert-OH is 1. The van der Waals surface area contributed by atoms with Gasteiger partial charge in [-0.1, -0.05) is 50.3 Å². The molecule has 3 heteroatoms. The molecular weight excluding hydrogens is 228 g/mol. The first-order valence-corrected chi connectivity index (χ1v) is 5.82. The van der Waals surface area contributed by atoms with Crippen LogP contribution in [0.5, 0.6) is 0 Å². The molecule has 1 aromatic carbocycles. The SMILES string of the molecule is CC(C)C=CC1=C(O)c2ccccc2C(=O)C1=O. The Hall–Kier alpha value is -2.16. The van der Waals surface area contributed by atoms with Crippen molar-refractivity contribution in [2.75, 3.05) is 0 Å². The Labute approximate surface area is 105 Å². The van der Waals surface area contributed by atoms with Gasteiger partial charge in [-0.2, -0.15) is 0 Å². The lowest BCUT2D eigenvalue weighted by Crippen LogP contribution is -2.23. The van der Waals surface area contributed by atoms with E-state index in [2.05, 4.69) is 0 Å². The van der Waals surface area contributed by atoms with Crippen LogP contribution in [0.4, 0.5) is 0 Å². The van der Waals surface area contributed by atoms with Crippen LogP contribution in [0.2, 0.25) is 0 Å². The molecule has 3 nitrogen and oxygen atoms in total. The first kappa shape index (κ1) is 12.3. The third kappa shape index (κ3) is 1.99.